The largest absolute Gasteiger partial charge is 0.481 e. The molecule has 1 aliphatic heterocycles. The molecule has 0 bridgehead atoms. The second-order valence-corrected chi connectivity index (χ2v) is 7.81. The van der Waals surface area contributed by atoms with Crippen molar-refractivity contribution in [1.29, 1.82) is 0 Å². The second kappa shape index (κ2) is 7.91. The number of amides is 1. The lowest BCUT2D eigenvalue weighted by atomic mass is 10.0. The summed E-state index contributed by atoms with van der Waals surface area (Å²) in [5.74, 6) is 0.579. The molecule has 0 saturated heterocycles. The minimum Gasteiger partial charge on any atom is -0.481 e. The molecule has 4 aromatic rings. The minimum absolute atomic E-state index is 0.0245. The first-order valence-electron chi connectivity index (χ1n) is 10.7. The predicted octanol–water partition coefficient (Wildman–Crippen LogP) is 4.61. The van der Waals surface area contributed by atoms with Crippen LogP contribution in [0.5, 0.6) is 5.88 Å². The number of nitrogens with one attached hydrogen (secondary N) is 1. The number of methoxy groups -OCH3 is 1. The van der Waals surface area contributed by atoms with Crippen LogP contribution in [0.3, 0.4) is 0 Å². The van der Waals surface area contributed by atoms with Crippen LogP contribution in [0.1, 0.15) is 34.0 Å². The second-order valence-electron chi connectivity index (χ2n) is 7.81. The molecule has 3 heterocycles. The summed E-state index contributed by atoms with van der Waals surface area (Å²) in [4.78, 5) is 17.6. The molecule has 0 atom stereocenters. The SMILES string of the molecule is CCc1ccccc1C(=O)NCCc1c2n(c3ccc(OC)nc13)Cc1ccccc1-2. The maximum Gasteiger partial charge on any atom is 0.251 e. The van der Waals surface area contributed by atoms with Crippen molar-refractivity contribution in [3.05, 3.63) is 82.9 Å². The highest BCUT2D eigenvalue weighted by atomic mass is 16.5. The summed E-state index contributed by atoms with van der Waals surface area (Å²) in [6.07, 6.45) is 1.54. The summed E-state index contributed by atoms with van der Waals surface area (Å²) < 4.78 is 7.71. The van der Waals surface area contributed by atoms with Crippen molar-refractivity contribution in [3.63, 3.8) is 0 Å². The van der Waals surface area contributed by atoms with Crippen molar-refractivity contribution >= 4 is 16.9 Å². The average molecular weight is 412 g/mol. The van der Waals surface area contributed by atoms with Gasteiger partial charge in [0.15, 0.2) is 0 Å². The van der Waals surface area contributed by atoms with Crippen LogP contribution in [0.15, 0.2) is 60.7 Å². The Balaban J connectivity index is 1.48. The first-order chi connectivity index (χ1) is 15.2. The van der Waals surface area contributed by atoms with Gasteiger partial charge in [-0.05, 0) is 36.1 Å². The monoisotopic (exact) mass is 411 g/mol. The molecular formula is C26H25N3O2. The van der Waals surface area contributed by atoms with Crippen molar-refractivity contribution < 1.29 is 9.53 Å². The van der Waals surface area contributed by atoms with Crippen molar-refractivity contribution in [2.45, 2.75) is 26.3 Å². The van der Waals surface area contributed by atoms with E-state index in [4.69, 9.17) is 9.72 Å². The lowest BCUT2D eigenvalue weighted by molar-refractivity contribution is 0.0953. The van der Waals surface area contributed by atoms with Gasteiger partial charge in [0.2, 0.25) is 5.88 Å². The number of carbonyl (C=O) groups is 1. The first-order valence-corrected chi connectivity index (χ1v) is 10.7. The van der Waals surface area contributed by atoms with E-state index in [0.29, 0.717) is 18.8 Å². The zero-order valence-corrected chi connectivity index (χ0v) is 17.8. The topological polar surface area (TPSA) is 56.2 Å². The number of nitrogens with zero attached hydrogens (tertiary/aromatic N) is 2. The number of rotatable bonds is 6. The number of carbonyl (C=O) groups excluding carboxylic acids is 1. The number of pyridine rings is 1. The fraction of sp³-hybridized carbons (Fsp3) is 0.231. The molecule has 31 heavy (non-hydrogen) atoms. The number of benzene rings is 2. The standard InChI is InChI=1S/C26H25N3O2/c1-3-17-8-4-7-11-20(17)26(30)27-15-14-21-24-22(12-13-23(28-24)31-2)29-16-18-9-5-6-10-19(18)25(21)29/h4-13H,3,14-16H2,1-2H3,(H,27,30). The van der Waals surface area contributed by atoms with E-state index in [1.807, 2.05) is 30.3 Å². The van der Waals surface area contributed by atoms with Gasteiger partial charge in [0.25, 0.3) is 5.91 Å². The molecule has 0 fully saturated rings. The van der Waals surface area contributed by atoms with Gasteiger partial charge in [0.1, 0.15) is 0 Å². The van der Waals surface area contributed by atoms with E-state index in [1.54, 1.807) is 7.11 Å². The van der Waals surface area contributed by atoms with E-state index in [0.717, 1.165) is 40.7 Å². The Morgan fingerprint density at radius 2 is 1.90 bits per heavy atom. The molecule has 2 aromatic heterocycles. The van der Waals surface area contributed by atoms with Crippen molar-refractivity contribution in [1.82, 2.24) is 14.9 Å². The Hall–Kier alpha value is -3.60. The van der Waals surface area contributed by atoms with E-state index < -0.39 is 0 Å². The molecule has 0 unspecified atom stereocenters. The van der Waals surface area contributed by atoms with Gasteiger partial charge in [0, 0.05) is 35.8 Å². The average Bonchev–Trinajstić information content (AvgIpc) is 3.33. The summed E-state index contributed by atoms with van der Waals surface area (Å²) in [6.45, 7) is 3.45. The summed E-state index contributed by atoms with van der Waals surface area (Å²) in [6, 6.07) is 20.3. The zero-order chi connectivity index (χ0) is 21.4. The Labute approximate surface area is 181 Å². The quantitative estimate of drug-likeness (QED) is 0.444. The number of hydrogen-bond acceptors (Lipinski definition) is 3. The lowest BCUT2D eigenvalue weighted by Gasteiger charge is -2.10. The number of fused-ring (bicyclic) bond motifs is 5. The van der Waals surface area contributed by atoms with E-state index in [9.17, 15) is 4.79 Å². The van der Waals surface area contributed by atoms with Gasteiger partial charge in [-0.2, -0.15) is 0 Å². The molecule has 5 rings (SSSR count). The third-order valence-corrected chi connectivity index (χ3v) is 6.09. The van der Waals surface area contributed by atoms with Crippen LogP contribution in [0, 0.1) is 0 Å². The molecule has 0 spiro atoms. The van der Waals surface area contributed by atoms with E-state index >= 15 is 0 Å². The van der Waals surface area contributed by atoms with Gasteiger partial charge >= 0.3 is 0 Å². The van der Waals surface area contributed by atoms with Gasteiger partial charge in [-0.15, -0.1) is 0 Å². The molecule has 0 saturated carbocycles. The molecule has 0 aliphatic carbocycles. The Morgan fingerprint density at radius 1 is 1.10 bits per heavy atom. The number of ether oxygens (including phenoxy) is 1. The normalized spacial score (nSPS) is 11.9. The predicted molar refractivity (Wildman–Crippen MR) is 123 cm³/mol. The highest BCUT2D eigenvalue weighted by Gasteiger charge is 2.26. The van der Waals surface area contributed by atoms with Gasteiger partial charge in [0.05, 0.1) is 23.8 Å². The van der Waals surface area contributed by atoms with Crippen LogP contribution in [0.4, 0.5) is 0 Å². The molecule has 1 N–H and O–H groups in total. The third kappa shape index (κ3) is 3.26. The van der Waals surface area contributed by atoms with E-state index in [-0.39, 0.29) is 5.91 Å². The summed E-state index contributed by atoms with van der Waals surface area (Å²) >= 11 is 0. The summed E-state index contributed by atoms with van der Waals surface area (Å²) in [5.41, 5.74) is 8.79. The molecule has 156 valence electrons. The molecule has 1 amide bonds. The van der Waals surface area contributed by atoms with Gasteiger partial charge in [-0.25, -0.2) is 4.98 Å². The van der Waals surface area contributed by atoms with Crippen molar-refractivity contribution in [2.24, 2.45) is 0 Å². The van der Waals surface area contributed by atoms with Gasteiger partial charge in [-0.1, -0.05) is 49.4 Å². The van der Waals surface area contributed by atoms with Crippen LogP contribution in [0.25, 0.3) is 22.3 Å². The van der Waals surface area contributed by atoms with E-state index in [1.165, 1.54) is 16.8 Å². The van der Waals surface area contributed by atoms with Gasteiger partial charge in [-0.3, -0.25) is 4.79 Å². The molecule has 1 aliphatic rings. The summed E-state index contributed by atoms with van der Waals surface area (Å²) in [7, 11) is 1.64. The highest BCUT2D eigenvalue weighted by Crippen LogP contribution is 2.41. The molecule has 5 heteroatoms. The van der Waals surface area contributed by atoms with Crippen molar-refractivity contribution in [2.75, 3.05) is 13.7 Å². The number of aromatic nitrogens is 2. The Bertz CT molecular complexity index is 1290. The minimum atomic E-state index is -0.0245. The van der Waals surface area contributed by atoms with Crippen LogP contribution in [-0.4, -0.2) is 29.1 Å². The van der Waals surface area contributed by atoms with Crippen LogP contribution in [-0.2, 0) is 19.4 Å². The molecule has 2 aromatic carbocycles. The zero-order valence-electron chi connectivity index (χ0n) is 17.8. The summed E-state index contributed by atoms with van der Waals surface area (Å²) in [5, 5.41) is 3.11. The first kappa shape index (κ1) is 19.4. The lowest BCUT2D eigenvalue weighted by Crippen LogP contribution is -2.26. The van der Waals surface area contributed by atoms with Crippen LogP contribution >= 0.6 is 0 Å². The van der Waals surface area contributed by atoms with E-state index in [2.05, 4.69) is 47.1 Å². The smallest absolute Gasteiger partial charge is 0.251 e. The Kier molecular flexibility index (Phi) is 4.94. The maximum atomic E-state index is 12.8. The number of aryl methyl sites for hydroxylation is 1. The molecule has 5 nitrogen and oxygen atoms in total. The molecule has 0 radical (unpaired) electrons. The maximum absolute atomic E-state index is 12.8. The van der Waals surface area contributed by atoms with Crippen molar-refractivity contribution in [3.8, 4) is 17.1 Å². The van der Waals surface area contributed by atoms with Gasteiger partial charge < -0.3 is 14.6 Å². The van der Waals surface area contributed by atoms with Crippen LogP contribution < -0.4 is 10.1 Å². The number of hydrogen-bond donors (Lipinski definition) is 1. The fourth-order valence-electron chi connectivity index (χ4n) is 4.60. The molecular weight excluding hydrogens is 386 g/mol. The van der Waals surface area contributed by atoms with Crippen LogP contribution in [0.2, 0.25) is 0 Å². The third-order valence-electron chi connectivity index (χ3n) is 6.09. The Morgan fingerprint density at radius 3 is 2.74 bits per heavy atom. The highest BCUT2D eigenvalue weighted by molar-refractivity contribution is 5.96. The fourth-order valence-corrected chi connectivity index (χ4v) is 4.60.